The molecule has 5 nitrogen and oxygen atoms in total. The van der Waals surface area contributed by atoms with E-state index in [1.807, 2.05) is 72.9 Å². The largest absolute Gasteiger partial charge is 0.507 e. The number of pyridine rings is 2. The van der Waals surface area contributed by atoms with Crippen LogP contribution in [-0.2, 0) is 26.5 Å². The van der Waals surface area contributed by atoms with Gasteiger partial charge in [-0.1, -0.05) is 117 Å². The second-order valence-electron chi connectivity index (χ2n) is 13.4. The van der Waals surface area contributed by atoms with Crippen LogP contribution in [0.15, 0.2) is 152 Å². The maximum Gasteiger partial charge on any atom is 0.145 e. The van der Waals surface area contributed by atoms with Gasteiger partial charge >= 0.3 is 0 Å². The molecule has 0 radical (unpaired) electrons. The topological polar surface area (TPSA) is 63.8 Å². The van der Waals surface area contributed by atoms with E-state index in [2.05, 4.69) is 104 Å². The molecule has 0 saturated carbocycles. The first kappa shape index (κ1) is 33.8. The zero-order valence-electron chi connectivity index (χ0n) is 28.5. The summed E-state index contributed by atoms with van der Waals surface area (Å²) in [7, 11) is 0. The number of nitrogens with zero attached hydrogens (tertiary/aromatic N) is 4. The summed E-state index contributed by atoms with van der Waals surface area (Å²) in [5.41, 5.74) is 11.7. The predicted molar refractivity (Wildman–Crippen MR) is 203 cm³/mol. The number of para-hydroxylation sites is 4. The van der Waals surface area contributed by atoms with Crippen LogP contribution in [0.5, 0.6) is 5.75 Å². The molecule has 3 aromatic heterocycles. The summed E-state index contributed by atoms with van der Waals surface area (Å²) in [4.78, 5) is 14.9. The number of phenolic OH excluding ortho intramolecular Hbond substituents is 1. The molecule has 0 aliphatic carbocycles. The average molecular weight is 843 g/mol. The monoisotopic (exact) mass is 842 g/mol. The van der Waals surface area contributed by atoms with Crippen molar-refractivity contribution in [2.45, 2.75) is 26.2 Å². The van der Waals surface area contributed by atoms with Gasteiger partial charge in [-0.15, -0.1) is 24.3 Å². The molecule has 0 fully saturated rings. The molecular formula is C45H35N4OPt-. The van der Waals surface area contributed by atoms with Crippen LogP contribution in [-0.4, -0.2) is 24.6 Å². The summed E-state index contributed by atoms with van der Waals surface area (Å²) >= 11 is 0. The van der Waals surface area contributed by atoms with Gasteiger partial charge in [0.05, 0.1) is 22.4 Å². The predicted octanol–water partition coefficient (Wildman–Crippen LogP) is 11.0. The molecule has 6 heteroatoms. The van der Waals surface area contributed by atoms with Crippen LogP contribution in [0, 0.1) is 6.07 Å². The van der Waals surface area contributed by atoms with Crippen LogP contribution in [0.3, 0.4) is 0 Å². The molecule has 0 amide bonds. The molecule has 3 heterocycles. The first-order chi connectivity index (χ1) is 24.3. The minimum absolute atomic E-state index is 0. The molecule has 0 spiro atoms. The Morgan fingerprint density at radius 3 is 2.04 bits per heavy atom. The van der Waals surface area contributed by atoms with Gasteiger partial charge in [0.25, 0.3) is 0 Å². The summed E-state index contributed by atoms with van der Waals surface area (Å²) in [5, 5.41) is 11.0. The Morgan fingerprint density at radius 1 is 0.588 bits per heavy atom. The molecular weight excluding hydrogens is 808 g/mol. The Morgan fingerprint density at radius 2 is 1.25 bits per heavy atom. The van der Waals surface area contributed by atoms with Crippen molar-refractivity contribution >= 4 is 11.0 Å². The van der Waals surface area contributed by atoms with Crippen LogP contribution in [0.4, 0.5) is 0 Å². The van der Waals surface area contributed by atoms with E-state index in [9.17, 15) is 5.11 Å². The van der Waals surface area contributed by atoms with Gasteiger partial charge in [0, 0.05) is 55.3 Å². The van der Waals surface area contributed by atoms with Crippen molar-refractivity contribution in [2.75, 3.05) is 0 Å². The third-order valence-electron chi connectivity index (χ3n) is 9.03. The summed E-state index contributed by atoms with van der Waals surface area (Å²) < 4.78 is 2.24. The van der Waals surface area contributed by atoms with Crippen molar-refractivity contribution in [2.24, 2.45) is 0 Å². The summed E-state index contributed by atoms with van der Waals surface area (Å²) in [6, 6.07) is 52.3. The molecule has 0 aliphatic rings. The smallest absolute Gasteiger partial charge is 0.145 e. The maximum atomic E-state index is 11.0. The number of fused-ring (bicyclic) bond motifs is 1. The van der Waals surface area contributed by atoms with Gasteiger partial charge in [0.2, 0.25) is 0 Å². The molecule has 0 unspecified atom stereocenters. The van der Waals surface area contributed by atoms with Crippen LogP contribution in [0.1, 0.15) is 26.3 Å². The summed E-state index contributed by atoms with van der Waals surface area (Å²) in [6.45, 7) is 6.61. The molecule has 0 atom stereocenters. The fourth-order valence-corrected chi connectivity index (χ4v) is 6.43. The van der Waals surface area contributed by atoms with Gasteiger partial charge in [-0.25, -0.2) is 4.98 Å². The molecule has 8 aromatic rings. The van der Waals surface area contributed by atoms with E-state index in [1.54, 1.807) is 6.07 Å². The SMILES string of the molecule is CC(C)(C)c1ccnc(-c2[c-]c(-c3cc(-c4ccccc4-n4c(-c5ccccc5)nc5ccccc54)cc(-c4ccccc4O)n3)ccc2)c1.[Pt]. The van der Waals surface area contributed by atoms with Gasteiger partial charge in [-0.05, 0) is 59.0 Å². The molecule has 0 bridgehead atoms. The van der Waals surface area contributed by atoms with Crippen molar-refractivity contribution in [1.29, 1.82) is 0 Å². The summed E-state index contributed by atoms with van der Waals surface area (Å²) in [6.07, 6.45) is 1.87. The van der Waals surface area contributed by atoms with E-state index >= 15 is 0 Å². The van der Waals surface area contributed by atoms with E-state index in [-0.39, 0.29) is 32.2 Å². The molecule has 1 N–H and O–H groups in total. The quantitative estimate of drug-likeness (QED) is 0.169. The van der Waals surface area contributed by atoms with Gasteiger partial charge in [-0.3, -0.25) is 14.5 Å². The van der Waals surface area contributed by atoms with Gasteiger partial charge < -0.3 is 5.11 Å². The van der Waals surface area contributed by atoms with E-state index in [0.717, 1.165) is 61.8 Å². The first-order valence-corrected chi connectivity index (χ1v) is 16.8. The minimum atomic E-state index is -0.00783. The Labute approximate surface area is 312 Å². The Kier molecular flexibility index (Phi) is 9.25. The summed E-state index contributed by atoms with van der Waals surface area (Å²) in [5.74, 6) is 1.03. The van der Waals surface area contributed by atoms with Crippen LogP contribution in [0.2, 0.25) is 0 Å². The fraction of sp³-hybridized carbons (Fsp3) is 0.0889. The van der Waals surface area contributed by atoms with E-state index in [1.165, 1.54) is 5.56 Å². The number of benzene rings is 5. The second kappa shape index (κ2) is 13.9. The van der Waals surface area contributed by atoms with E-state index < -0.39 is 0 Å². The normalized spacial score (nSPS) is 11.4. The van der Waals surface area contributed by atoms with Crippen LogP contribution < -0.4 is 0 Å². The van der Waals surface area contributed by atoms with Crippen molar-refractivity contribution in [3.63, 3.8) is 0 Å². The van der Waals surface area contributed by atoms with Crippen molar-refractivity contribution in [1.82, 2.24) is 19.5 Å². The Bertz CT molecular complexity index is 2500. The molecule has 51 heavy (non-hydrogen) atoms. The number of hydrogen-bond acceptors (Lipinski definition) is 4. The molecule has 5 aromatic carbocycles. The van der Waals surface area contributed by atoms with Crippen LogP contribution in [0.25, 0.3) is 73.0 Å². The molecule has 8 rings (SSSR count). The zero-order valence-corrected chi connectivity index (χ0v) is 30.8. The Hall–Kier alpha value is -5.64. The zero-order chi connectivity index (χ0) is 34.2. The standard InChI is InChI=1S/C45H35N4O.Pt/c1-45(2,3)34-24-25-46-38(29-34)31-16-13-17-32(26-31)39-27-33(28-40(47-39)36-19-8-12-23-43(36)50)35-18-7-10-21-41(35)49-42-22-11-9-20-37(42)48-44(49)30-14-5-4-6-15-30;/h4-25,27-29,50H,1-3H3;/q-1;. The molecule has 0 saturated heterocycles. The van der Waals surface area contributed by atoms with Crippen LogP contribution >= 0.6 is 0 Å². The third-order valence-corrected chi connectivity index (χ3v) is 9.03. The number of rotatable bonds is 6. The third kappa shape index (κ3) is 6.66. The average Bonchev–Trinajstić information content (AvgIpc) is 3.55. The van der Waals surface area contributed by atoms with Gasteiger partial charge in [-0.2, -0.15) is 0 Å². The first-order valence-electron chi connectivity index (χ1n) is 16.8. The fourth-order valence-electron chi connectivity index (χ4n) is 6.43. The maximum absolute atomic E-state index is 11.0. The molecule has 0 aliphatic heterocycles. The number of aromatic nitrogens is 4. The van der Waals surface area contributed by atoms with Gasteiger partial charge in [0.15, 0.2) is 0 Å². The van der Waals surface area contributed by atoms with Crippen molar-refractivity contribution in [3.8, 4) is 67.7 Å². The van der Waals surface area contributed by atoms with E-state index in [4.69, 9.17) is 15.0 Å². The van der Waals surface area contributed by atoms with Gasteiger partial charge in [0.1, 0.15) is 11.6 Å². The number of hydrogen-bond donors (Lipinski definition) is 1. The number of imidazole rings is 1. The molecule has 252 valence electrons. The minimum Gasteiger partial charge on any atom is -0.507 e. The Balaban J connectivity index is 0.00000406. The number of phenols is 1. The second-order valence-corrected chi connectivity index (χ2v) is 13.4. The van der Waals surface area contributed by atoms with E-state index in [0.29, 0.717) is 11.3 Å². The number of aromatic hydroxyl groups is 1. The van der Waals surface area contributed by atoms with Crippen molar-refractivity contribution < 1.29 is 26.2 Å². The van der Waals surface area contributed by atoms with Crippen molar-refractivity contribution in [3.05, 3.63) is 163 Å².